The Hall–Kier alpha value is -2.86. The molecule has 188 valence electrons. The third-order valence-corrected chi connectivity index (χ3v) is 6.58. The summed E-state index contributed by atoms with van der Waals surface area (Å²) in [7, 11) is 0. The minimum absolute atomic E-state index is 0.0814. The number of carbonyl (C=O) groups excluding carboxylic acids is 3. The topological polar surface area (TPSA) is 84.5 Å². The number of nitrogens with one attached hydrogen (secondary N) is 2. The number of hydrogen-bond donors (Lipinski definition) is 2. The summed E-state index contributed by atoms with van der Waals surface area (Å²) in [5.74, 6) is 0.764. The van der Waals surface area contributed by atoms with Gasteiger partial charge >= 0.3 is 5.97 Å². The molecule has 7 heteroatoms. The van der Waals surface area contributed by atoms with Crippen LogP contribution in [-0.2, 0) is 9.53 Å². The molecule has 2 aromatic carbocycles. The van der Waals surface area contributed by atoms with Crippen LogP contribution < -0.4 is 10.6 Å². The highest BCUT2D eigenvalue weighted by molar-refractivity contribution is 6.30. The number of esters is 1. The molecule has 0 bridgehead atoms. The predicted molar refractivity (Wildman–Crippen MR) is 138 cm³/mol. The van der Waals surface area contributed by atoms with Gasteiger partial charge in [0.15, 0.2) is 0 Å². The molecular weight excluding hydrogens is 464 g/mol. The Bertz CT molecular complexity index is 981. The van der Waals surface area contributed by atoms with Gasteiger partial charge in [-0.15, -0.1) is 0 Å². The first kappa shape index (κ1) is 26.7. The van der Waals surface area contributed by atoms with Crippen molar-refractivity contribution in [2.45, 2.75) is 51.9 Å². The van der Waals surface area contributed by atoms with Gasteiger partial charge in [-0.1, -0.05) is 37.6 Å². The summed E-state index contributed by atoms with van der Waals surface area (Å²) >= 11 is 5.84. The molecule has 1 fully saturated rings. The Morgan fingerprint density at radius 3 is 1.89 bits per heavy atom. The lowest BCUT2D eigenvalue weighted by Gasteiger charge is -2.28. The van der Waals surface area contributed by atoms with E-state index in [9.17, 15) is 14.4 Å². The second-order valence-corrected chi connectivity index (χ2v) is 10.1. The van der Waals surface area contributed by atoms with Crippen LogP contribution in [0.5, 0.6) is 0 Å². The first-order valence-corrected chi connectivity index (χ1v) is 12.8. The van der Waals surface area contributed by atoms with Gasteiger partial charge in [0.05, 0.1) is 6.61 Å². The predicted octanol–water partition coefficient (Wildman–Crippen LogP) is 5.36. The summed E-state index contributed by atoms with van der Waals surface area (Å²) in [6.07, 6.45) is 4.64. The van der Waals surface area contributed by atoms with E-state index >= 15 is 0 Å². The molecule has 3 rings (SSSR count). The summed E-state index contributed by atoms with van der Waals surface area (Å²) in [6, 6.07) is 14.4. The van der Waals surface area contributed by atoms with Crippen LogP contribution in [0.4, 0.5) is 0 Å². The van der Waals surface area contributed by atoms with Crippen molar-refractivity contribution in [3.8, 4) is 0 Å². The Morgan fingerprint density at radius 2 is 1.37 bits per heavy atom. The fourth-order valence-electron chi connectivity index (χ4n) is 4.32. The number of amides is 2. The minimum Gasteiger partial charge on any atom is -0.465 e. The maximum absolute atomic E-state index is 12.4. The standard InChI is InChI=1S/C28H35ClN2O4/c1-19(2)18-35-26(32)17-20-3-5-21(6-4-20)22-7-9-23(10-8-22)27(33)30-15-16-31-28(34)24-11-13-25(29)14-12-24/h7-14,19-21H,3-6,15-18H2,1-2H3,(H,30,33)(H,31,34). The summed E-state index contributed by atoms with van der Waals surface area (Å²) in [6.45, 7) is 5.24. The van der Waals surface area contributed by atoms with Crippen LogP contribution in [0, 0.1) is 11.8 Å². The molecule has 2 N–H and O–H groups in total. The Kier molecular flexibility index (Phi) is 10.2. The van der Waals surface area contributed by atoms with Crippen molar-refractivity contribution in [2.24, 2.45) is 11.8 Å². The van der Waals surface area contributed by atoms with Gasteiger partial charge in [-0.3, -0.25) is 14.4 Å². The van der Waals surface area contributed by atoms with E-state index in [0.29, 0.717) is 60.0 Å². The summed E-state index contributed by atoms with van der Waals surface area (Å²) in [5, 5.41) is 6.19. The van der Waals surface area contributed by atoms with Crippen molar-refractivity contribution in [1.82, 2.24) is 10.6 Å². The van der Waals surface area contributed by atoms with Gasteiger partial charge in [-0.05, 0) is 85.4 Å². The normalized spacial score (nSPS) is 17.6. The Labute approximate surface area is 212 Å². The van der Waals surface area contributed by atoms with Gasteiger partial charge in [0.25, 0.3) is 11.8 Å². The highest BCUT2D eigenvalue weighted by Crippen LogP contribution is 2.37. The maximum Gasteiger partial charge on any atom is 0.306 e. The van der Waals surface area contributed by atoms with Crippen LogP contribution >= 0.6 is 11.6 Å². The fourth-order valence-corrected chi connectivity index (χ4v) is 4.44. The first-order chi connectivity index (χ1) is 16.8. The van der Waals surface area contributed by atoms with E-state index in [0.717, 1.165) is 25.7 Å². The van der Waals surface area contributed by atoms with E-state index in [1.54, 1.807) is 24.3 Å². The van der Waals surface area contributed by atoms with Gasteiger partial charge in [0.1, 0.15) is 0 Å². The zero-order valence-corrected chi connectivity index (χ0v) is 21.3. The van der Waals surface area contributed by atoms with E-state index in [2.05, 4.69) is 10.6 Å². The molecule has 0 aromatic heterocycles. The number of halogens is 1. The first-order valence-electron chi connectivity index (χ1n) is 12.4. The smallest absolute Gasteiger partial charge is 0.306 e. The molecule has 0 aliphatic heterocycles. The van der Waals surface area contributed by atoms with Crippen molar-refractivity contribution in [1.29, 1.82) is 0 Å². The number of ether oxygens (including phenoxy) is 1. The molecule has 0 saturated heterocycles. The average molecular weight is 499 g/mol. The summed E-state index contributed by atoms with van der Waals surface area (Å²) in [5.41, 5.74) is 2.35. The zero-order chi connectivity index (χ0) is 25.2. The molecule has 1 aliphatic carbocycles. The molecule has 2 amide bonds. The van der Waals surface area contributed by atoms with E-state index in [1.807, 2.05) is 38.1 Å². The molecule has 0 unspecified atom stereocenters. The van der Waals surface area contributed by atoms with E-state index in [1.165, 1.54) is 5.56 Å². The minimum atomic E-state index is -0.206. The van der Waals surface area contributed by atoms with Crippen LogP contribution in [0.1, 0.15) is 78.1 Å². The van der Waals surface area contributed by atoms with Crippen LogP contribution in [0.25, 0.3) is 0 Å². The van der Waals surface area contributed by atoms with Crippen molar-refractivity contribution >= 4 is 29.4 Å². The molecule has 0 atom stereocenters. The second-order valence-electron chi connectivity index (χ2n) is 9.64. The number of benzene rings is 2. The molecule has 35 heavy (non-hydrogen) atoms. The molecule has 2 aromatic rings. The van der Waals surface area contributed by atoms with Gasteiger partial charge < -0.3 is 15.4 Å². The van der Waals surface area contributed by atoms with Crippen LogP contribution in [0.2, 0.25) is 5.02 Å². The zero-order valence-electron chi connectivity index (χ0n) is 20.5. The van der Waals surface area contributed by atoms with E-state index in [4.69, 9.17) is 16.3 Å². The van der Waals surface area contributed by atoms with E-state index in [-0.39, 0.29) is 17.8 Å². The lowest BCUT2D eigenvalue weighted by Crippen LogP contribution is -2.34. The van der Waals surface area contributed by atoms with Crippen LogP contribution in [-0.4, -0.2) is 37.5 Å². The van der Waals surface area contributed by atoms with Crippen molar-refractivity contribution in [3.05, 3.63) is 70.2 Å². The summed E-state index contributed by atoms with van der Waals surface area (Å²) in [4.78, 5) is 36.5. The van der Waals surface area contributed by atoms with Crippen LogP contribution in [0.3, 0.4) is 0 Å². The second kappa shape index (κ2) is 13.3. The van der Waals surface area contributed by atoms with E-state index < -0.39 is 0 Å². The van der Waals surface area contributed by atoms with Gasteiger partial charge in [-0.2, -0.15) is 0 Å². The highest BCUT2D eigenvalue weighted by atomic mass is 35.5. The third-order valence-electron chi connectivity index (χ3n) is 6.33. The quantitative estimate of drug-likeness (QED) is 0.341. The Balaban J connectivity index is 1.37. The lowest BCUT2D eigenvalue weighted by atomic mass is 9.77. The fraction of sp³-hybridized carbons (Fsp3) is 0.464. The van der Waals surface area contributed by atoms with Crippen LogP contribution in [0.15, 0.2) is 48.5 Å². The molecule has 0 spiro atoms. The third kappa shape index (κ3) is 8.70. The molecule has 6 nitrogen and oxygen atoms in total. The molecule has 0 radical (unpaired) electrons. The SMILES string of the molecule is CC(C)COC(=O)CC1CCC(c2ccc(C(=O)NCCNC(=O)c3ccc(Cl)cc3)cc2)CC1. The monoisotopic (exact) mass is 498 g/mol. The largest absolute Gasteiger partial charge is 0.465 e. The summed E-state index contributed by atoms with van der Waals surface area (Å²) < 4.78 is 5.32. The molecular formula is C28H35ClN2O4. The lowest BCUT2D eigenvalue weighted by molar-refractivity contribution is -0.146. The molecule has 0 heterocycles. The maximum atomic E-state index is 12.4. The number of hydrogen-bond acceptors (Lipinski definition) is 4. The van der Waals surface area contributed by atoms with Gasteiger partial charge in [-0.25, -0.2) is 0 Å². The van der Waals surface area contributed by atoms with Gasteiger partial charge in [0, 0.05) is 35.7 Å². The molecule has 1 aliphatic rings. The highest BCUT2D eigenvalue weighted by Gasteiger charge is 2.25. The average Bonchev–Trinajstić information content (AvgIpc) is 2.86. The van der Waals surface area contributed by atoms with Crippen molar-refractivity contribution in [3.63, 3.8) is 0 Å². The van der Waals surface area contributed by atoms with Crippen molar-refractivity contribution in [2.75, 3.05) is 19.7 Å². The number of rotatable bonds is 10. The number of carbonyl (C=O) groups is 3. The Morgan fingerprint density at radius 1 is 0.857 bits per heavy atom. The molecule has 1 saturated carbocycles. The van der Waals surface area contributed by atoms with Gasteiger partial charge in [0.2, 0.25) is 0 Å². The van der Waals surface area contributed by atoms with Crippen molar-refractivity contribution < 1.29 is 19.1 Å².